The van der Waals surface area contributed by atoms with Gasteiger partial charge in [0.1, 0.15) is 21.3 Å². The predicted molar refractivity (Wildman–Crippen MR) is 130 cm³/mol. The van der Waals surface area contributed by atoms with Crippen molar-refractivity contribution in [3.63, 3.8) is 0 Å². The van der Waals surface area contributed by atoms with Gasteiger partial charge in [-0.05, 0) is 47.5 Å². The van der Waals surface area contributed by atoms with Crippen LogP contribution in [0.1, 0.15) is 11.1 Å². The van der Waals surface area contributed by atoms with E-state index < -0.39 is 20.2 Å². The Labute approximate surface area is 199 Å². The van der Waals surface area contributed by atoms with Gasteiger partial charge in [-0.2, -0.15) is 16.8 Å². The molecule has 0 bridgehead atoms. The molecule has 0 aromatic heterocycles. The first-order chi connectivity index (χ1) is 16.4. The molecule has 0 atom stereocenters. The maximum absolute atomic E-state index is 12.9. The fourth-order valence-electron chi connectivity index (χ4n) is 3.17. The van der Waals surface area contributed by atoms with Crippen LogP contribution in [0.4, 0.5) is 0 Å². The average molecular weight is 493 g/mol. The van der Waals surface area contributed by atoms with Crippen molar-refractivity contribution < 1.29 is 25.2 Å². The third kappa shape index (κ3) is 5.54. The van der Waals surface area contributed by atoms with E-state index in [1.54, 1.807) is 97.1 Å². The second kappa shape index (κ2) is 9.94. The lowest BCUT2D eigenvalue weighted by Crippen LogP contribution is -2.11. The van der Waals surface area contributed by atoms with E-state index in [9.17, 15) is 16.8 Å². The maximum atomic E-state index is 12.9. The first-order valence-corrected chi connectivity index (χ1v) is 13.0. The highest BCUT2D eigenvalue weighted by molar-refractivity contribution is 7.87. The lowest BCUT2D eigenvalue weighted by molar-refractivity contribution is 0.484. The molecule has 0 heterocycles. The Kier molecular flexibility index (Phi) is 6.81. The molecule has 4 aromatic rings. The van der Waals surface area contributed by atoms with Gasteiger partial charge < -0.3 is 8.37 Å². The lowest BCUT2D eigenvalue weighted by Gasteiger charge is -2.10. The second-order valence-electron chi connectivity index (χ2n) is 7.11. The fourth-order valence-corrected chi connectivity index (χ4v) is 5.42. The van der Waals surface area contributed by atoms with Crippen LogP contribution >= 0.6 is 0 Å². The molecular weight excluding hydrogens is 472 g/mol. The van der Waals surface area contributed by atoms with Crippen molar-refractivity contribution in [3.8, 4) is 11.5 Å². The Morgan fingerprint density at radius 1 is 0.441 bits per heavy atom. The van der Waals surface area contributed by atoms with E-state index in [0.717, 1.165) is 0 Å². The molecule has 0 N–H and O–H groups in total. The molecule has 0 saturated heterocycles. The first kappa shape index (κ1) is 23.3. The van der Waals surface area contributed by atoms with Crippen LogP contribution in [0, 0.1) is 0 Å². The van der Waals surface area contributed by atoms with Crippen molar-refractivity contribution in [1.29, 1.82) is 0 Å². The number of benzene rings is 4. The normalized spacial score (nSPS) is 11.9. The Morgan fingerprint density at radius 2 is 0.765 bits per heavy atom. The molecule has 0 aliphatic rings. The summed E-state index contributed by atoms with van der Waals surface area (Å²) in [5.41, 5.74) is 0.684. The molecule has 4 aromatic carbocycles. The Morgan fingerprint density at radius 3 is 1.15 bits per heavy atom. The molecule has 4 rings (SSSR count). The van der Waals surface area contributed by atoms with Gasteiger partial charge in [0.25, 0.3) is 0 Å². The third-order valence-electron chi connectivity index (χ3n) is 4.72. The second-order valence-corrected chi connectivity index (χ2v) is 10.1. The average Bonchev–Trinajstić information content (AvgIpc) is 2.84. The molecule has 0 saturated carbocycles. The minimum absolute atomic E-state index is 0.0454. The predicted octanol–water partition coefficient (Wildman–Crippen LogP) is 5.39. The van der Waals surface area contributed by atoms with E-state index in [0.29, 0.717) is 11.1 Å². The van der Waals surface area contributed by atoms with Crippen LogP contribution in [-0.2, 0) is 20.2 Å². The van der Waals surface area contributed by atoms with Crippen molar-refractivity contribution in [3.05, 3.63) is 120 Å². The number of rotatable bonds is 8. The summed E-state index contributed by atoms with van der Waals surface area (Å²) in [6, 6.07) is 29.0. The summed E-state index contributed by atoms with van der Waals surface area (Å²) >= 11 is 0. The minimum atomic E-state index is -4.12. The van der Waals surface area contributed by atoms with Crippen molar-refractivity contribution in [2.45, 2.75) is 9.79 Å². The molecule has 0 aliphatic carbocycles. The molecule has 8 heteroatoms. The van der Waals surface area contributed by atoms with Crippen LogP contribution < -0.4 is 8.37 Å². The summed E-state index contributed by atoms with van der Waals surface area (Å²) in [6.07, 6.45) is 3.05. The monoisotopic (exact) mass is 492 g/mol. The van der Waals surface area contributed by atoms with Crippen molar-refractivity contribution >= 4 is 32.4 Å². The van der Waals surface area contributed by atoms with E-state index in [4.69, 9.17) is 8.37 Å². The van der Waals surface area contributed by atoms with Gasteiger partial charge in [-0.3, -0.25) is 0 Å². The summed E-state index contributed by atoms with van der Waals surface area (Å²) in [5, 5.41) is 0. The number of hydrogen-bond acceptors (Lipinski definition) is 6. The summed E-state index contributed by atoms with van der Waals surface area (Å²) in [4.78, 5) is -0.0908. The zero-order chi connectivity index (χ0) is 24.0. The first-order valence-electron chi connectivity index (χ1n) is 10.2. The zero-order valence-electron chi connectivity index (χ0n) is 17.8. The highest BCUT2D eigenvalue weighted by atomic mass is 32.2. The van der Waals surface area contributed by atoms with Gasteiger partial charge in [0.15, 0.2) is 0 Å². The molecule has 0 fully saturated rings. The molecule has 0 radical (unpaired) electrons. The molecule has 0 unspecified atom stereocenters. The maximum Gasteiger partial charge on any atom is 0.339 e. The molecule has 0 amide bonds. The van der Waals surface area contributed by atoms with Crippen LogP contribution in [0.15, 0.2) is 119 Å². The van der Waals surface area contributed by atoms with E-state index in [1.165, 1.54) is 24.3 Å². The highest BCUT2D eigenvalue weighted by Gasteiger charge is 2.21. The van der Waals surface area contributed by atoms with Crippen LogP contribution in [-0.4, -0.2) is 16.8 Å². The number of para-hydroxylation sites is 2. The third-order valence-corrected chi connectivity index (χ3v) is 7.36. The summed E-state index contributed by atoms with van der Waals surface area (Å²) in [5.74, 6) is 0.381. The Bertz CT molecular complexity index is 1400. The summed E-state index contributed by atoms with van der Waals surface area (Å²) in [7, 11) is -8.24. The van der Waals surface area contributed by atoms with Gasteiger partial charge >= 0.3 is 20.2 Å². The topological polar surface area (TPSA) is 86.7 Å². The molecule has 0 spiro atoms. The lowest BCUT2D eigenvalue weighted by atomic mass is 10.1. The van der Waals surface area contributed by atoms with Crippen LogP contribution in [0.2, 0.25) is 0 Å². The van der Waals surface area contributed by atoms with E-state index in [2.05, 4.69) is 0 Å². The van der Waals surface area contributed by atoms with E-state index in [-0.39, 0.29) is 21.3 Å². The van der Waals surface area contributed by atoms with E-state index >= 15 is 0 Å². The van der Waals surface area contributed by atoms with Crippen LogP contribution in [0.3, 0.4) is 0 Å². The van der Waals surface area contributed by atoms with Gasteiger partial charge in [-0.1, -0.05) is 84.9 Å². The standard InChI is InChI=1S/C26H20O6S2/c27-33(28,31-23-13-3-1-4-14-23)25-17-9-7-11-21(25)19-20-22-12-8-10-18-26(22)34(29,30)32-24-15-5-2-6-16-24/h1-20H. The van der Waals surface area contributed by atoms with Gasteiger partial charge in [-0.15, -0.1) is 0 Å². The van der Waals surface area contributed by atoms with Crippen molar-refractivity contribution in [2.24, 2.45) is 0 Å². The Hall–Kier alpha value is -3.88. The molecular formula is C26H20O6S2. The highest BCUT2D eigenvalue weighted by Crippen LogP contribution is 2.26. The van der Waals surface area contributed by atoms with Gasteiger partial charge in [0.2, 0.25) is 0 Å². The van der Waals surface area contributed by atoms with Crippen molar-refractivity contribution in [1.82, 2.24) is 0 Å². The molecule has 172 valence electrons. The van der Waals surface area contributed by atoms with Crippen LogP contribution in [0.25, 0.3) is 12.2 Å². The minimum Gasteiger partial charge on any atom is -0.379 e. The van der Waals surface area contributed by atoms with Gasteiger partial charge in [-0.25, -0.2) is 0 Å². The van der Waals surface area contributed by atoms with E-state index in [1.807, 2.05) is 0 Å². The van der Waals surface area contributed by atoms with Crippen LogP contribution in [0.5, 0.6) is 11.5 Å². The largest absolute Gasteiger partial charge is 0.379 e. The summed E-state index contributed by atoms with van der Waals surface area (Å²) < 4.78 is 62.1. The van der Waals surface area contributed by atoms with Crippen molar-refractivity contribution in [2.75, 3.05) is 0 Å². The molecule has 34 heavy (non-hydrogen) atoms. The quantitative estimate of drug-likeness (QED) is 0.242. The van der Waals surface area contributed by atoms with Gasteiger partial charge in [0, 0.05) is 0 Å². The molecule has 6 nitrogen and oxygen atoms in total. The Balaban J connectivity index is 1.66. The molecule has 0 aliphatic heterocycles. The summed E-state index contributed by atoms with van der Waals surface area (Å²) in [6.45, 7) is 0. The van der Waals surface area contributed by atoms with Gasteiger partial charge in [0.05, 0.1) is 0 Å². The smallest absolute Gasteiger partial charge is 0.339 e. The number of hydrogen-bond donors (Lipinski definition) is 0. The zero-order valence-corrected chi connectivity index (χ0v) is 19.4. The fraction of sp³-hybridized carbons (Fsp3) is 0. The SMILES string of the molecule is O=S(=O)(Oc1ccccc1)c1ccccc1C=Cc1ccccc1S(=O)(=O)Oc1ccccc1.